The van der Waals surface area contributed by atoms with Gasteiger partial charge in [-0.3, -0.25) is 0 Å². The molecule has 2 heteroatoms. The zero-order valence-electron chi connectivity index (χ0n) is 9.91. The molecule has 1 nitrogen and oxygen atoms in total. The van der Waals surface area contributed by atoms with Crippen LogP contribution in [0.1, 0.15) is 18.5 Å². The molecule has 0 saturated carbocycles. The van der Waals surface area contributed by atoms with E-state index in [0.717, 1.165) is 11.0 Å². The molecule has 0 fully saturated rings. The molecule has 17 heavy (non-hydrogen) atoms. The Labute approximate surface area is 111 Å². The van der Waals surface area contributed by atoms with Crippen LogP contribution >= 0.6 is 15.9 Å². The second-order valence-electron chi connectivity index (χ2n) is 4.19. The van der Waals surface area contributed by atoms with Crippen LogP contribution in [0.2, 0.25) is 0 Å². The minimum Gasteiger partial charge on any atom is -0.306 e. The fraction of sp³-hybridized carbons (Fsp3) is 0.200. The lowest BCUT2D eigenvalue weighted by Gasteiger charge is -2.16. The summed E-state index contributed by atoms with van der Waals surface area (Å²) in [5.41, 5.74) is 1.33. The molecule has 88 valence electrons. The fourth-order valence-corrected chi connectivity index (χ4v) is 2.16. The lowest BCUT2D eigenvalue weighted by atomic mass is 10.00. The van der Waals surface area contributed by atoms with Crippen molar-refractivity contribution in [1.29, 1.82) is 0 Å². The number of rotatable bonds is 4. The Hall–Kier alpha value is -1.12. The zero-order chi connectivity index (χ0) is 12.3. The van der Waals surface area contributed by atoms with Gasteiger partial charge in [-0.05, 0) is 23.3 Å². The Morgan fingerprint density at radius 3 is 2.71 bits per heavy atom. The minimum atomic E-state index is 0.315. The summed E-state index contributed by atoms with van der Waals surface area (Å²) in [5.74, 6) is 0. The molecule has 2 rings (SSSR count). The number of fused-ring (bicyclic) bond motifs is 1. The van der Waals surface area contributed by atoms with E-state index in [-0.39, 0.29) is 0 Å². The first-order valence-corrected chi connectivity index (χ1v) is 6.52. The highest BCUT2D eigenvalue weighted by Crippen LogP contribution is 2.24. The van der Waals surface area contributed by atoms with Gasteiger partial charge in [-0.1, -0.05) is 65.0 Å². The molecule has 0 aliphatic heterocycles. The molecule has 2 aromatic carbocycles. The van der Waals surface area contributed by atoms with Gasteiger partial charge in [-0.25, -0.2) is 0 Å². The summed E-state index contributed by atoms with van der Waals surface area (Å²) in [6.45, 7) is 6.80. The normalized spacial score (nSPS) is 12.6. The van der Waals surface area contributed by atoms with Crippen molar-refractivity contribution in [3.63, 3.8) is 0 Å². The van der Waals surface area contributed by atoms with Crippen molar-refractivity contribution < 1.29 is 0 Å². The Morgan fingerprint density at radius 1 is 1.24 bits per heavy atom. The van der Waals surface area contributed by atoms with E-state index in [1.54, 1.807) is 0 Å². The summed E-state index contributed by atoms with van der Waals surface area (Å²) >= 11 is 3.37. The maximum absolute atomic E-state index is 3.84. The van der Waals surface area contributed by atoms with Crippen molar-refractivity contribution in [2.75, 3.05) is 6.54 Å². The monoisotopic (exact) mass is 289 g/mol. The zero-order valence-corrected chi connectivity index (χ0v) is 11.5. The summed E-state index contributed by atoms with van der Waals surface area (Å²) in [5, 5.41) is 6.05. The van der Waals surface area contributed by atoms with Gasteiger partial charge in [0.2, 0.25) is 0 Å². The van der Waals surface area contributed by atoms with Crippen LogP contribution in [-0.2, 0) is 0 Å². The maximum Gasteiger partial charge on any atom is 0.0301 e. The minimum absolute atomic E-state index is 0.315. The van der Waals surface area contributed by atoms with Crippen molar-refractivity contribution in [3.8, 4) is 0 Å². The molecule has 2 aromatic rings. The second-order valence-corrected chi connectivity index (χ2v) is 5.31. The Kier molecular flexibility index (Phi) is 3.97. The highest BCUT2D eigenvalue weighted by molar-refractivity contribution is 9.11. The van der Waals surface area contributed by atoms with E-state index in [9.17, 15) is 0 Å². The predicted octanol–water partition coefficient (Wildman–Crippen LogP) is 4.40. The summed E-state index contributed by atoms with van der Waals surface area (Å²) in [7, 11) is 0. The molecule has 0 aromatic heterocycles. The van der Waals surface area contributed by atoms with E-state index in [1.165, 1.54) is 16.3 Å². The third-order valence-corrected chi connectivity index (χ3v) is 3.17. The van der Waals surface area contributed by atoms with E-state index in [1.807, 2.05) is 0 Å². The standard InChI is InChI=1S/C15H16BrN/c1-11(16)10-17-12(2)14-9-5-7-13-6-3-4-8-15(13)14/h3-9,12,17H,1,10H2,2H3. The van der Waals surface area contributed by atoms with Gasteiger partial charge in [0, 0.05) is 17.1 Å². The predicted molar refractivity (Wildman–Crippen MR) is 78.4 cm³/mol. The average Bonchev–Trinajstić information content (AvgIpc) is 2.35. The Balaban J connectivity index is 2.31. The van der Waals surface area contributed by atoms with Crippen LogP contribution < -0.4 is 5.32 Å². The molecule has 0 bridgehead atoms. The van der Waals surface area contributed by atoms with Gasteiger partial charge in [0.05, 0.1) is 0 Å². The summed E-state index contributed by atoms with van der Waals surface area (Å²) < 4.78 is 0.976. The van der Waals surface area contributed by atoms with Gasteiger partial charge in [0.1, 0.15) is 0 Å². The number of benzene rings is 2. The van der Waals surface area contributed by atoms with Crippen LogP contribution in [-0.4, -0.2) is 6.54 Å². The van der Waals surface area contributed by atoms with Crippen LogP contribution in [0.15, 0.2) is 53.5 Å². The largest absolute Gasteiger partial charge is 0.306 e. The molecular weight excluding hydrogens is 274 g/mol. The van der Waals surface area contributed by atoms with Gasteiger partial charge < -0.3 is 5.32 Å². The van der Waals surface area contributed by atoms with Crippen molar-refractivity contribution >= 4 is 26.7 Å². The van der Waals surface area contributed by atoms with Gasteiger partial charge in [-0.2, -0.15) is 0 Å². The molecule has 0 aliphatic carbocycles. The quantitative estimate of drug-likeness (QED) is 0.880. The van der Waals surface area contributed by atoms with Gasteiger partial charge in [0.15, 0.2) is 0 Å². The molecule has 0 spiro atoms. The molecular formula is C15H16BrN. The van der Waals surface area contributed by atoms with Gasteiger partial charge in [-0.15, -0.1) is 0 Å². The van der Waals surface area contributed by atoms with E-state index in [0.29, 0.717) is 6.04 Å². The first-order valence-electron chi connectivity index (χ1n) is 5.73. The maximum atomic E-state index is 3.84. The lowest BCUT2D eigenvalue weighted by Crippen LogP contribution is -2.19. The van der Waals surface area contributed by atoms with Gasteiger partial charge in [0.25, 0.3) is 0 Å². The Bertz CT molecular complexity index is 528. The van der Waals surface area contributed by atoms with Crippen molar-refractivity contribution in [1.82, 2.24) is 5.32 Å². The molecule has 1 N–H and O–H groups in total. The van der Waals surface area contributed by atoms with E-state index < -0.39 is 0 Å². The number of hydrogen-bond donors (Lipinski definition) is 1. The fourth-order valence-electron chi connectivity index (χ4n) is 2.00. The summed E-state index contributed by atoms with van der Waals surface area (Å²) in [6, 6.07) is 15.2. The van der Waals surface area contributed by atoms with Crippen LogP contribution in [0.4, 0.5) is 0 Å². The molecule has 0 heterocycles. The van der Waals surface area contributed by atoms with Crippen LogP contribution in [0, 0.1) is 0 Å². The van der Waals surface area contributed by atoms with Gasteiger partial charge >= 0.3 is 0 Å². The second kappa shape index (κ2) is 5.48. The summed E-state index contributed by atoms with van der Waals surface area (Å²) in [6.07, 6.45) is 0. The third-order valence-electron chi connectivity index (χ3n) is 2.89. The Morgan fingerprint density at radius 2 is 1.94 bits per heavy atom. The third kappa shape index (κ3) is 2.96. The number of halogens is 1. The van der Waals surface area contributed by atoms with E-state index in [2.05, 4.69) is 77.2 Å². The first kappa shape index (κ1) is 12.3. The topological polar surface area (TPSA) is 12.0 Å². The number of hydrogen-bond acceptors (Lipinski definition) is 1. The molecule has 0 saturated heterocycles. The molecule has 1 unspecified atom stereocenters. The smallest absolute Gasteiger partial charge is 0.0301 e. The molecule has 0 aliphatic rings. The highest BCUT2D eigenvalue weighted by Gasteiger charge is 2.08. The first-order chi connectivity index (χ1) is 8.18. The van der Waals surface area contributed by atoms with Crippen LogP contribution in [0.25, 0.3) is 10.8 Å². The van der Waals surface area contributed by atoms with Crippen molar-refractivity contribution in [3.05, 3.63) is 59.1 Å². The molecule has 0 amide bonds. The molecule has 0 radical (unpaired) electrons. The number of nitrogens with one attached hydrogen (secondary N) is 1. The van der Waals surface area contributed by atoms with Crippen LogP contribution in [0.5, 0.6) is 0 Å². The highest BCUT2D eigenvalue weighted by atomic mass is 79.9. The van der Waals surface area contributed by atoms with Crippen LogP contribution in [0.3, 0.4) is 0 Å². The van der Waals surface area contributed by atoms with Crippen molar-refractivity contribution in [2.45, 2.75) is 13.0 Å². The lowest BCUT2D eigenvalue weighted by molar-refractivity contribution is 0.620. The van der Waals surface area contributed by atoms with E-state index >= 15 is 0 Å². The average molecular weight is 290 g/mol. The van der Waals surface area contributed by atoms with E-state index in [4.69, 9.17) is 0 Å². The van der Waals surface area contributed by atoms with Crippen molar-refractivity contribution in [2.24, 2.45) is 0 Å². The molecule has 1 atom stereocenters. The summed E-state index contributed by atoms with van der Waals surface area (Å²) in [4.78, 5) is 0. The SMILES string of the molecule is C=C(Br)CNC(C)c1cccc2ccccc12.